The van der Waals surface area contributed by atoms with Crippen molar-refractivity contribution in [3.05, 3.63) is 53.8 Å². The summed E-state index contributed by atoms with van der Waals surface area (Å²) >= 11 is 0. The molecule has 0 amide bonds. The van der Waals surface area contributed by atoms with Gasteiger partial charge in [-0.3, -0.25) is 0 Å². The topological polar surface area (TPSA) is 26.0 Å². The number of nitrogen functional groups attached to an aromatic ring is 1. The van der Waals surface area contributed by atoms with Crippen LogP contribution in [0.15, 0.2) is 42.5 Å². The third kappa shape index (κ3) is 2.53. The van der Waals surface area contributed by atoms with E-state index in [0.29, 0.717) is 0 Å². The summed E-state index contributed by atoms with van der Waals surface area (Å²) in [4.78, 5) is 0. The summed E-state index contributed by atoms with van der Waals surface area (Å²) < 4.78 is 13.4. The van der Waals surface area contributed by atoms with Crippen LogP contribution in [0.2, 0.25) is 0 Å². The quantitative estimate of drug-likeness (QED) is 0.739. The van der Waals surface area contributed by atoms with Crippen LogP contribution in [0.4, 0.5) is 10.1 Å². The van der Waals surface area contributed by atoms with Crippen LogP contribution in [0.5, 0.6) is 0 Å². The molecule has 2 aromatic carbocycles. The summed E-state index contributed by atoms with van der Waals surface area (Å²) in [6.07, 6.45) is 0. The van der Waals surface area contributed by atoms with Gasteiger partial charge in [-0.1, -0.05) is 51.1 Å². The van der Waals surface area contributed by atoms with Crippen molar-refractivity contribution in [3.8, 4) is 11.1 Å². The molecule has 2 rings (SSSR count). The fraction of sp³-hybridized carbons (Fsp3) is 0.250. The maximum atomic E-state index is 13.4. The molecule has 0 radical (unpaired) electrons. The average Bonchev–Trinajstić information content (AvgIpc) is 2.32. The molecule has 0 aliphatic rings. The molecule has 0 saturated heterocycles. The lowest BCUT2D eigenvalue weighted by molar-refractivity contribution is 0.590. The van der Waals surface area contributed by atoms with E-state index in [9.17, 15) is 4.39 Å². The Morgan fingerprint density at radius 3 is 1.94 bits per heavy atom. The van der Waals surface area contributed by atoms with Crippen LogP contribution >= 0.6 is 0 Å². The first-order valence-corrected chi connectivity index (χ1v) is 6.04. The van der Waals surface area contributed by atoms with E-state index in [4.69, 9.17) is 5.73 Å². The van der Waals surface area contributed by atoms with Gasteiger partial charge in [0.1, 0.15) is 5.82 Å². The summed E-state index contributed by atoms with van der Waals surface area (Å²) in [6.45, 7) is 6.51. The summed E-state index contributed by atoms with van der Waals surface area (Å²) in [6, 6.07) is 13.1. The van der Waals surface area contributed by atoms with E-state index < -0.39 is 0 Å². The van der Waals surface area contributed by atoms with Gasteiger partial charge < -0.3 is 5.73 Å². The maximum Gasteiger partial charge on any atom is 0.146 e. The number of halogens is 1. The number of anilines is 1. The highest BCUT2D eigenvalue weighted by atomic mass is 19.1. The fourth-order valence-corrected chi connectivity index (χ4v) is 1.87. The van der Waals surface area contributed by atoms with E-state index in [1.54, 1.807) is 6.07 Å². The minimum Gasteiger partial charge on any atom is -0.396 e. The second kappa shape index (κ2) is 4.45. The van der Waals surface area contributed by atoms with E-state index in [1.807, 2.05) is 18.2 Å². The standard InChI is InChI=1S/C16H18FN/c1-16(2,3)13-7-4-11(5-8-13)12-6-9-15(18)14(17)10-12/h4-10H,18H2,1-3H3. The van der Waals surface area contributed by atoms with Crippen molar-refractivity contribution in [2.75, 3.05) is 5.73 Å². The van der Waals surface area contributed by atoms with Crippen molar-refractivity contribution in [2.45, 2.75) is 26.2 Å². The number of rotatable bonds is 1. The fourth-order valence-electron chi connectivity index (χ4n) is 1.87. The molecule has 94 valence electrons. The lowest BCUT2D eigenvalue weighted by Gasteiger charge is -2.19. The first kappa shape index (κ1) is 12.6. The molecule has 0 bridgehead atoms. The molecule has 0 atom stereocenters. The van der Waals surface area contributed by atoms with Gasteiger partial charge in [-0.2, -0.15) is 0 Å². The van der Waals surface area contributed by atoms with Crippen LogP contribution in [0.1, 0.15) is 26.3 Å². The summed E-state index contributed by atoms with van der Waals surface area (Å²) in [5, 5.41) is 0. The van der Waals surface area contributed by atoms with Gasteiger partial charge in [0, 0.05) is 0 Å². The van der Waals surface area contributed by atoms with Crippen LogP contribution in [0, 0.1) is 5.82 Å². The lowest BCUT2D eigenvalue weighted by atomic mass is 9.86. The Balaban J connectivity index is 2.37. The first-order chi connectivity index (χ1) is 8.38. The smallest absolute Gasteiger partial charge is 0.146 e. The second-order valence-electron chi connectivity index (χ2n) is 5.56. The molecule has 2 heteroatoms. The van der Waals surface area contributed by atoms with Crippen molar-refractivity contribution in [1.82, 2.24) is 0 Å². The number of nitrogens with two attached hydrogens (primary N) is 1. The molecule has 0 saturated carbocycles. The van der Waals surface area contributed by atoms with Gasteiger partial charge in [0.15, 0.2) is 0 Å². The van der Waals surface area contributed by atoms with Crippen LogP contribution in [0.3, 0.4) is 0 Å². The van der Waals surface area contributed by atoms with Crippen molar-refractivity contribution < 1.29 is 4.39 Å². The lowest BCUT2D eigenvalue weighted by Crippen LogP contribution is -2.10. The minimum absolute atomic E-state index is 0.130. The number of benzene rings is 2. The highest BCUT2D eigenvalue weighted by molar-refractivity contribution is 5.66. The molecule has 18 heavy (non-hydrogen) atoms. The Kier molecular flexibility index (Phi) is 3.12. The van der Waals surface area contributed by atoms with Gasteiger partial charge >= 0.3 is 0 Å². The number of hydrogen-bond donors (Lipinski definition) is 1. The van der Waals surface area contributed by atoms with E-state index in [0.717, 1.165) is 11.1 Å². The van der Waals surface area contributed by atoms with Crippen molar-refractivity contribution in [3.63, 3.8) is 0 Å². The van der Waals surface area contributed by atoms with Crippen LogP contribution in [0.25, 0.3) is 11.1 Å². The molecule has 0 aliphatic carbocycles. The Hall–Kier alpha value is -1.83. The van der Waals surface area contributed by atoms with Gasteiger partial charge in [0.2, 0.25) is 0 Å². The van der Waals surface area contributed by atoms with Crippen LogP contribution in [-0.4, -0.2) is 0 Å². The molecule has 0 spiro atoms. The Labute approximate surface area is 107 Å². The van der Waals surface area contributed by atoms with Crippen LogP contribution < -0.4 is 5.73 Å². The van der Waals surface area contributed by atoms with E-state index in [2.05, 4.69) is 32.9 Å². The van der Waals surface area contributed by atoms with Gasteiger partial charge in [0.25, 0.3) is 0 Å². The molecule has 2 aromatic rings. The monoisotopic (exact) mass is 243 g/mol. The SMILES string of the molecule is CC(C)(C)c1ccc(-c2ccc(N)c(F)c2)cc1. The van der Waals surface area contributed by atoms with Crippen LogP contribution in [-0.2, 0) is 5.41 Å². The predicted molar refractivity (Wildman–Crippen MR) is 74.9 cm³/mol. The summed E-state index contributed by atoms with van der Waals surface area (Å²) in [5.41, 5.74) is 8.90. The first-order valence-electron chi connectivity index (χ1n) is 6.04. The normalized spacial score (nSPS) is 11.6. The molecule has 0 aromatic heterocycles. The minimum atomic E-state index is -0.368. The average molecular weight is 243 g/mol. The van der Waals surface area contributed by atoms with Gasteiger partial charge in [0.05, 0.1) is 5.69 Å². The van der Waals surface area contributed by atoms with Crippen molar-refractivity contribution >= 4 is 5.69 Å². The molecule has 0 fully saturated rings. The van der Waals surface area contributed by atoms with Crippen molar-refractivity contribution in [2.24, 2.45) is 0 Å². The molecular formula is C16H18FN. The van der Waals surface area contributed by atoms with Crippen molar-refractivity contribution in [1.29, 1.82) is 0 Å². The molecular weight excluding hydrogens is 225 g/mol. The van der Waals surface area contributed by atoms with Gasteiger partial charge in [-0.05, 0) is 34.2 Å². The summed E-state index contributed by atoms with van der Waals surface area (Å²) in [7, 11) is 0. The third-order valence-corrected chi connectivity index (χ3v) is 3.08. The Morgan fingerprint density at radius 2 is 1.44 bits per heavy atom. The second-order valence-corrected chi connectivity index (χ2v) is 5.56. The van der Waals surface area contributed by atoms with E-state index in [1.165, 1.54) is 11.6 Å². The molecule has 2 N–H and O–H groups in total. The highest BCUT2D eigenvalue weighted by Gasteiger charge is 2.13. The predicted octanol–water partition coefficient (Wildman–Crippen LogP) is 4.37. The zero-order valence-corrected chi connectivity index (χ0v) is 11.0. The van der Waals surface area contributed by atoms with E-state index >= 15 is 0 Å². The molecule has 1 nitrogen and oxygen atoms in total. The summed E-state index contributed by atoms with van der Waals surface area (Å²) in [5.74, 6) is -0.368. The van der Waals surface area contributed by atoms with Gasteiger partial charge in [-0.25, -0.2) is 4.39 Å². The molecule has 0 aliphatic heterocycles. The highest BCUT2D eigenvalue weighted by Crippen LogP contribution is 2.27. The van der Waals surface area contributed by atoms with E-state index in [-0.39, 0.29) is 16.9 Å². The molecule has 0 unspecified atom stereocenters. The largest absolute Gasteiger partial charge is 0.396 e. The van der Waals surface area contributed by atoms with Gasteiger partial charge in [-0.15, -0.1) is 0 Å². The third-order valence-electron chi connectivity index (χ3n) is 3.08. The Bertz CT molecular complexity index is 550. The zero-order chi connectivity index (χ0) is 13.3. The Morgan fingerprint density at radius 1 is 0.889 bits per heavy atom. The zero-order valence-electron chi connectivity index (χ0n) is 11.0. The number of hydrogen-bond acceptors (Lipinski definition) is 1. The maximum absolute atomic E-state index is 13.4. The molecule has 0 heterocycles.